The lowest BCUT2D eigenvalue weighted by atomic mass is 9.87. The molecule has 4 rings (SSSR count). The Morgan fingerprint density at radius 1 is 1.30 bits per heavy atom. The second kappa shape index (κ2) is 6.96. The van der Waals surface area contributed by atoms with Crippen LogP contribution in [0.5, 0.6) is 11.5 Å². The highest BCUT2D eigenvalue weighted by Crippen LogP contribution is 2.39. The quantitative estimate of drug-likeness (QED) is 0.719. The molecule has 1 unspecified atom stereocenters. The van der Waals surface area contributed by atoms with E-state index in [4.69, 9.17) is 16.3 Å². The van der Waals surface area contributed by atoms with Gasteiger partial charge in [0.1, 0.15) is 5.82 Å². The lowest BCUT2D eigenvalue weighted by molar-refractivity contribution is -0.116. The van der Waals surface area contributed by atoms with E-state index < -0.39 is 0 Å². The van der Waals surface area contributed by atoms with Crippen LogP contribution in [0.25, 0.3) is 0 Å². The Kier molecular flexibility index (Phi) is 4.49. The van der Waals surface area contributed by atoms with Crippen molar-refractivity contribution in [2.45, 2.75) is 18.9 Å². The zero-order chi connectivity index (χ0) is 19.0. The molecule has 138 valence electrons. The number of nitrogens with zero attached hydrogens (tertiary/aromatic N) is 2. The SMILES string of the molecule is COc1cc(C2CC(=O)Nc3c2cnn3Cc2ccc(Cl)cc2)ccc1O. The van der Waals surface area contributed by atoms with Crippen molar-refractivity contribution in [2.75, 3.05) is 12.4 Å². The first-order chi connectivity index (χ1) is 13.0. The topological polar surface area (TPSA) is 76.4 Å². The lowest BCUT2D eigenvalue weighted by Crippen LogP contribution is -2.25. The van der Waals surface area contributed by atoms with Crippen LogP contribution in [0, 0.1) is 0 Å². The fraction of sp³-hybridized carbons (Fsp3) is 0.200. The van der Waals surface area contributed by atoms with Crippen molar-refractivity contribution in [3.63, 3.8) is 0 Å². The molecule has 0 bridgehead atoms. The molecule has 0 spiro atoms. The van der Waals surface area contributed by atoms with Crippen LogP contribution in [0.2, 0.25) is 5.02 Å². The van der Waals surface area contributed by atoms with Gasteiger partial charge in [0, 0.05) is 22.9 Å². The maximum Gasteiger partial charge on any atom is 0.226 e. The molecule has 0 fully saturated rings. The Hall–Kier alpha value is -2.99. The summed E-state index contributed by atoms with van der Waals surface area (Å²) in [6.45, 7) is 0.526. The van der Waals surface area contributed by atoms with Crippen LogP contribution in [0.3, 0.4) is 0 Å². The van der Waals surface area contributed by atoms with Gasteiger partial charge < -0.3 is 15.2 Å². The normalized spacial score (nSPS) is 15.9. The Morgan fingerprint density at radius 3 is 2.81 bits per heavy atom. The number of carbonyl (C=O) groups excluding carboxylic acids is 1. The summed E-state index contributed by atoms with van der Waals surface area (Å²) in [6.07, 6.45) is 2.10. The van der Waals surface area contributed by atoms with E-state index in [-0.39, 0.29) is 17.6 Å². The molecule has 2 N–H and O–H groups in total. The van der Waals surface area contributed by atoms with E-state index in [1.54, 1.807) is 29.1 Å². The number of amides is 1. The van der Waals surface area contributed by atoms with Gasteiger partial charge in [0.15, 0.2) is 11.5 Å². The molecular formula is C20H18ClN3O3. The smallest absolute Gasteiger partial charge is 0.226 e. The predicted octanol–water partition coefficient (Wildman–Crippen LogP) is 3.77. The van der Waals surface area contributed by atoms with Crippen LogP contribution in [0.1, 0.15) is 29.0 Å². The molecule has 1 amide bonds. The minimum absolute atomic E-state index is 0.0696. The first-order valence-electron chi connectivity index (χ1n) is 8.52. The second-order valence-electron chi connectivity index (χ2n) is 6.47. The molecule has 2 heterocycles. The zero-order valence-electron chi connectivity index (χ0n) is 14.6. The third-order valence-electron chi connectivity index (χ3n) is 4.74. The molecular weight excluding hydrogens is 366 g/mol. The van der Waals surface area contributed by atoms with E-state index in [1.807, 2.05) is 24.3 Å². The lowest BCUT2D eigenvalue weighted by Gasteiger charge is -2.24. The number of methoxy groups -OCH3 is 1. The zero-order valence-corrected chi connectivity index (χ0v) is 15.4. The second-order valence-corrected chi connectivity index (χ2v) is 6.91. The molecule has 3 aromatic rings. The maximum atomic E-state index is 12.3. The van der Waals surface area contributed by atoms with Gasteiger partial charge >= 0.3 is 0 Å². The van der Waals surface area contributed by atoms with Gasteiger partial charge in [0.2, 0.25) is 5.91 Å². The summed E-state index contributed by atoms with van der Waals surface area (Å²) < 4.78 is 6.98. The standard InChI is InChI=1S/C20H18ClN3O3/c1-27-18-8-13(4-7-17(18)25)15-9-19(26)23-20-16(15)10-22-24(20)11-12-2-5-14(21)6-3-12/h2-8,10,15,25H,9,11H2,1H3,(H,23,26). The summed E-state index contributed by atoms with van der Waals surface area (Å²) in [5.74, 6) is 0.923. The Balaban J connectivity index is 1.70. The third-order valence-corrected chi connectivity index (χ3v) is 4.99. The van der Waals surface area contributed by atoms with Crippen LogP contribution in [-0.2, 0) is 11.3 Å². The molecule has 0 saturated heterocycles. The van der Waals surface area contributed by atoms with E-state index in [2.05, 4.69) is 10.4 Å². The van der Waals surface area contributed by atoms with E-state index in [0.29, 0.717) is 29.6 Å². The number of phenols is 1. The average Bonchev–Trinajstić information content (AvgIpc) is 3.06. The molecule has 1 aliphatic rings. The predicted molar refractivity (Wildman–Crippen MR) is 103 cm³/mol. The fourth-order valence-corrected chi connectivity index (χ4v) is 3.49. The van der Waals surface area contributed by atoms with Gasteiger partial charge in [-0.3, -0.25) is 4.79 Å². The first-order valence-corrected chi connectivity index (χ1v) is 8.90. The number of nitrogens with one attached hydrogen (secondary N) is 1. The van der Waals surface area contributed by atoms with Gasteiger partial charge in [-0.2, -0.15) is 5.10 Å². The van der Waals surface area contributed by atoms with Crippen LogP contribution in [0.4, 0.5) is 5.82 Å². The van der Waals surface area contributed by atoms with Crippen LogP contribution < -0.4 is 10.1 Å². The van der Waals surface area contributed by atoms with Gasteiger partial charge in [-0.1, -0.05) is 29.8 Å². The van der Waals surface area contributed by atoms with Crippen LogP contribution in [0.15, 0.2) is 48.7 Å². The van der Waals surface area contributed by atoms with Crippen molar-refractivity contribution in [3.05, 3.63) is 70.4 Å². The number of fused-ring (bicyclic) bond motifs is 1. The van der Waals surface area contributed by atoms with Crippen LogP contribution >= 0.6 is 11.6 Å². The molecule has 1 atom stereocenters. The van der Waals surface area contributed by atoms with Crippen molar-refractivity contribution >= 4 is 23.3 Å². The highest BCUT2D eigenvalue weighted by atomic mass is 35.5. The number of halogens is 1. The number of carbonyl (C=O) groups is 1. The van der Waals surface area contributed by atoms with Crippen molar-refractivity contribution in [2.24, 2.45) is 0 Å². The Labute approximate surface area is 161 Å². The summed E-state index contributed by atoms with van der Waals surface area (Å²) in [4.78, 5) is 12.3. The van der Waals surface area contributed by atoms with Gasteiger partial charge in [-0.15, -0.1) is 0 Å². The van der Waals surface area contributed by atoms with E-state index >= 15 is 0 Å². The number of aromatic hydroxyl groups is 1. The molecule has 0 saturated carbocycles. The number of hydrogen-bond donors (Lipinski definition) is 2. The number of hydrogen-bond acceptors (Lipinski definition) is 4. The van der Waals surface area contributed by atoms with Crippen molar-refractivity contribution in [3.8, 4) is 11.5 Å². The van der Waals surface area contributed by atoms with Gasteiger partial charge in [-0.05, 0) is 35.4 Å². The largest absolute Gasteiger partial charge is 0.504 e. The van der Waals surface area contributed by atoms with Crippen molar-refractivity contribution in [1.82, 2.24) is 9.78 Å². The van der Waals surface area contributed by atoms with E-state index in [0.717, 1.165) is 16.7 Å². The molecule has 1 aromatic heterocycles. The minimum Gasteiger partial charge on any atom is -0.504 e. The van der Waals surface area contributed by atoms with Gasteiger partial charge in [0.05, 0.1) is 19.9 Å². The van der Waals surface area contributed by atoms with Crippen molar-refractivity contribution < 1.29 is 14.6 Å². The molecule has 0 aliphatic carbocycles. The molecule has 7 heteroatoms. The van der Waals surface area contributed by atoms with Gasteiger partial charge in [-0.25, -0.2) is 4.68 Å². The Morgan fingerprint density at radius 2 is 2.07 bits per heavy atom. The van der Waals surface area contributed by atoms with Crippen LogP contribution in [-0.4, -0.2) is 27.9 Å². The molecule has 2 aromatic carbocycles. The summed E-state index contributed by atoms with van der Waals surface area (Å²) in [7, 11) is 1.50. The number of aromatic nitrogens is 2. The minimum atomic E-state index is -0.151. The molecule has 27 heavy (non-hydrogen) atoms. The van der Waals surface area contributed by atoms with Gasteiger partial charge in [0.25, 0.3) is 0 Å². The summed E-state index contributed by atoms with van der Waals surface area (Å²) in [6, 6.07) is 12.7. The third kappa shape index (κ3) is 3.36. The number of phenolic OH excluding ortho intramolecular Hbond substituents is 1. The van der Waals surface area contributed by atoms with Crippen molar-refractivity contribution in [1.29, 1.82) is 0 Å². The highest BCUT2D eigenvalue weighted by molar-refractivity contribution is 6.30. The molecule has 6 nitrogen and oxygen atoms in total. The maximum absolute atomic E-state index is 12.3. The van der Waals surface area contributed by atoms with E-state index in [1.165, 1.54) is 7.11 Å². The molecule has 1 aliphatic heterocycles. The highest BCUT2D eigenvalue weighted by Gasteiger charge is 2.30. The summed E-state index contributed by atoms with van der Waals surface area (Å²) >= 11 is 5.94. The monoisotopic (exact) mass is 383 g/mol. The number of benzene rings is 2. The fourth-order valence-electron chi connectivity index (χ4n) is 3.36. The average molecular weight is 384 g/mol. The first kappa shape index (κ1) is 17.4. The molecule has 0 radical (unpaired) electrons. The summed E-state index contributed by atoms with van der Waals surface area (Å²) in [5, 5.41) is 17.9. The number of anilines is 1. The number of rotatable bonds is 4. The summed E-state index contributed by atoms with van der Waals surface area (Å²) in [5.41, 5.74) is 2.87. The number of ether oxygens (including phenoxy) is 1. The Bertz CT molecular complexity index is 998. The van der Waals surface area contributed by atoms with E-state index in [9.17, 15) is 9.90 Å².